The Hall–Kier alpha value is -2.14. The number of aryl methyl sites for hydroxylation is 2. The van der Waals surface area contributed by atoms with Gasteiger partial charge in [0.2, 0.25) is 9.84 Å². The van der Waals surface area contributed by atoms with Crippen molar-refractivity contribution < 1.29 is 13.2 Å². The summed E-state index contributed by atoms with van der Waals surface area (Å²) in [6, 6.07) is 14.4. The number of nitrogens with zero attached hydrogens (tertiary/aromatic N) is 1. The molecule has 0 fully saturated rings. The van der Waals surface area contributed by atoms with Crippen molar-refractivity contribution in [2.24, 2.45) is 4.99 Å². The summed E-state index contributed by atoms with van der Waals surface area (Å²) >= 11 is 0. The average Bonchev–Trinajstić information content (AvgIpc) is 2.98. The van der Waals surface area contributed by atoms with Crippen molar-refractivity contribution in [3.63, 3.8) is 0 Å². The lowest BCUT2D eigenvalue weighted by atomic mass is 10.0. The first-order chi connectivity index (χ1) is 10.5. The Morgan fingerprint density at radius 3 is 2.36 bits per heavy atom. The molecule has 5 heteroatoms. The Morgan fingerprint density at radius 2 is 1.68 bits per heavy atom. The molecule has 0 saturated carbocycles. The predicted molar refractivity (Wildman–Crippen MR) is 85.6 cm³/mol. The molecule has 0 unspecified atom stereocenters. The third kappa shape index (κ3) is 2.52. The lowest BCUT2D eigenvalue weighted by molar-refractivity contribution is 0.226. The SMILES string of the molecule is Cc1ccc(S(=O)(=O)[C@H]2N=CO[C@@H]2c2ccccc2C)cc1. The van der Waals surface area contributed by atoms with Crippen molar-refractivity contribution in [2.45, 2.75) is 30.2 Å². The number of ether oxygens (including phenoxy) is 1. The molecule has 0 spiro atoms. The van der Waals surface area contributed by atoms with E-state index in [1.54, 1.807) is 24.3 Å². The van der Waals surface area contributed by atoms with Crippen LogP contribution in [0.1, 0.15) is 22.8 Å². The van der Waals surface area contributed by atoms with Gasteiger partial charge in [0, 0.05) is 0 Å². The van der Waals surface area contributed by atoms with Gasteiger partial charge in [0.05, 0.1) is 4.90 Å². The third-order valence-corrected chi connectivity index (χ3v) is 5.77. The van der Waals surface area contributed by atoms with E-state index in [1.807, 2.05) is 38.1 Å². The van der Waals surface area contributed by atoms with Crippen LogP contribution in [0.15, 0.2) is 58.4 Å². The molecule has 0 aromatic heterocycles. The van der Waals surface area contributed by atoms with Crippen LogP contribution in [-0.2, 0) is 14.6 Å². The first-order valence-electron chi connectivity index (χ1n) is 7.03. The van der Waals surface area contributed by atoms with Gasteiger partial charge in [-0.25, -0.2) is 13.4 Å². The minimum Gasteiger partial charge on any atom is -0.472 e. The fourth-order valence-corrected chi connectivity index (χ4v) is 4.09. The van der Waals surface area contributed by atoms with Crippen LogP contribution in [0.4, 0.5) is 0 Å². The fraction of sp³-hybridized carbons (Fsp3) is 0.235. The molecule has 0 bridgehead atoms. The van der Waals surface area contributed by atoms with E-state index in [-0.39, 0.29) is 4.90 Å². The van der Waals surface area contributed by atoms with Gasteiger partial charge in [-0.2, -0.15) is 0 Å². The van der Waals surface area contributed by atoms with Crippen LogP contribution in [0, 0.1) is 13.8 Å². The van der Waals surface area contributed by atoms with E-state index >= 15 is 0 Å². The van der Waals surface area contributed by atoms with Gasteiger partial charge in [0.25, 0.3) is 0 Å². The number of aliphatic imine (C=N–C) groups is 1. The van der Waals surface area contributed by atoms with Gasteiger partial charge >= 0.3 is 0 Å². The molecule has 0 saturated heterocycles. The zero-order chi connectivity index (χ0) is 15.7. The number of sulfone groups is 1. The summed E-state index contributed by atoms with van der Waals surface area (Å²) in [5, 5.41) is -0.948. The van der Waals surface area contributed by atoms with Crippen molar-refractivity contribution in [3.8, 4) is 0 Å². The highest BCUT2D eigenvalue weighted by Gasteiger charge is 2.40. The summed E-state index contributed by atoms with van der Waals surface area (Å²) < 4.78 is 31.2. The molecule has 1 aliphatic heterocycles. The van der Waals surface area contributed by atoms with Crippen molar-refractivity contribution >= 4 is 16.2 Å². The number of rotatable bonds is 3. The molecule has 2 aromatic carbocycles. The monoisotopic (exact) mass is 315 g/mol. The predicted octanol–water partition coefficient (Wildman–Crippen LogP) is 3.20. The second-order valence-electron chi connectivity index (χ2n) is 5.42. The molecule has 1 heterocycles. The zero-order valence-electron chi connectivity index (χ0n) is 12.4. The molecular formula is C17H17NO3S. The molecule has 1 aliphatic rings. The minimum absolute atomic E-state index is 0.268. The largest absolute Gasteiger partial charge is 0.472 e. The van der Waals surface area contributed by atoms with Crippen LogP contribution in [-0.4, -0.2) is 20.2 Å². The van der Waals surface area contributed by atoms with Gasteiger partial charge in [-0.05, 0) is 37.1 Å². The highest BCUT2D eigenvalue weighted by atomic mass is 32.2. The van der Waals surface area contributed by atoms with Crippen molar-refractivity contribution in [1.82, 2.24) is 0 Å². The van der Waals surface area contributed by atoms with Crippen LogP contribution < -0.4 is 0 Å². The van der Waals surface area contributed by atoms with Crippen LogP contribution in [0.3, 0.4) is 0 Å². The van der Waals surface area contributed by atoms with Gasteiger partial charge in [-0.1, -0.05) is 42.0 Å². The highest BCUT2D eigenvalue weighted by Crippen LogP contribution is 2.35. The van der Waals surface area contributed by atoms with Crippen molar-refractivity contribution in [3.05, 3.63) is 65.2 Å². The quantitative estimate of drug-likeness (QED) is 0.874. The zero-order valence-corrected chi connectivity index (χ0v) is 13.2. The van der Waals surface area contributed by atoms with Gasteiger partial charge < -0.3 is 4.74 Å². The summed E-state index contributed by atoms with van der Waals surface area (Å²) in [6.45, 7) is 3.86. The summed E-state index contributed by atoms with van der Waals surface area (Å²) in [5.74, 6) is 0. The van der Waals surface area contributed by atoms with Crippen molar-refractivity contribution in [2.75, 3.05) is 0 Å². The van der Waals surface area contributed by atoms with E-state index in [2.05, 4.69) is 4.99 Å². The first-order valence-corrected chi connectivity index (χ1v) is 8.58. The second-order valence-corrected chi connectivity index (χ2v) is 7.46. The van der Waals surface area contributed by atoms with E-state index in [4.69, 9.17) is 4.74 Å². The number of hydrogen-bond acceptors (Lipinski definition) is 4. The molecular weight excluding hydrogens is 298 g/mol. The van der Waals surface area contributed by atoms with E-state index in [0.717, 1.165) is 16.7 Å². The molecule has 2 atom stereocenters. The Balaban J connectivity index is 2.01. The van der Waals surface area contributed by atoms with E-state index in [9.17, 15) is 8.42 Å². The maximum Gasteiger partial charge on any atom is 0.205 e. The molecule has 22 heavy (non-hydrogen) atoms. The van der Waals surface area contributed by atoms with Crippen LogP contribution in [0.2, 0.25) is 0 Å². The van der Waals surface area contributed by atoms with Gasteiger partial charge in [0.15, 0.2) is 17.9 Å². The molecule has 0 radical (unpaired) electrons. The minimum atomic E-state index is -3.59. The summed E-state index contributed by atoms with van der Waals surface area (Å²) in [5.41, 5.74) is 2.85. The second kappa shape index (κ2) is 5.57. The van der Waals surface area contributed by atoms with Crippen molar-refractivity contribution in [1.29, 1.82) is 0 Å². The summed E-state index contributed by atoms with van der Waals surface area (Å²) in [7, 11) is -3.59. The van der Waals surface area contributed by atoms with Crippen LogP contribution in [0.5, 0.6) is 0 Å². The maximum absolute atomic E-state index is 12.8. The molecule has 0 amide bonds. The van der Waals surface area contributed by atoms with Gasteiger partial charge in [-0.15, -0.1) is 0 Å². The van der Waals surface area contributed by atoms with Gasteiger partial charge in [-0.3, -0.25) is 0 Å². The molecule has 2 aromatic rings. The van der Waals surface area contributed by atoms with Crippen LogP contribution >= 0.6 is 0 Å². The van der Waals surface area contributed by atoms with Gasteiger partial charge in [0.1, 0.15) is 0 Å². The highest BCUT2D eigenvalue weighted by molar-refractivity contribution is 7.92. The molecule has 3 rings (SSSR count). The molecule has 0 aliphatic carbocycles. The summed E-state index contributed by atoms with van der Waals surface area (Å²) in [6.07, 6.45) is 0.639. The maximum atomic E-state index is 12.8. The fourth-order valence-electron chi connectivity index (χ4n) is 2.55. The Morgan fingerprint density at radius 1 is 1.00 bits per heavy atom. The van der Waals surface area contributed by atoms with E-state index in [0.29, 0.717) is 0 Å². The molecule has 4 nitrogen and oxygen atoms in total. The molecule has 114 valence electrons. The number of benzene rings is 2. The number of hydrogen-bond donors (Lipinski definition) is 0. The topological polar surface area (TPSA) is 55.7 Å². The Labute approximate surface area is 130 Å². The Kier molecular flexibility index (Phi) is 3.74. The summed E-state index contributed by atoms with van der Waals surface area (Å²) in [4.78, 5) is 4.34. The lowest BCUT2D eigenvalue weighted by Gasteiger charge is -2.19. The van der Waals surface area contributed by atoms with E-state index in [1.165, 1.54) is 6.40 Å². The standard InChI is InChI=1S/C17H17NO3S/c1-12-7-9-14(10-8-12)22(19,20)17-16(21-11-18-17)15-6-4-3-5-13(15)2/h3-11,16-17H,1-2H3/t16-,17-/m1/s1. The first kappa shape index (κ1) is 14.8. The van der Waals surface area contributed by atoms with E-state index < -0.39 is 21.3 Å². The van der Waals surface area contributed by atoms with Crippen LogP contribution in [0.25, 0.3) is 0 Å². The average molecular weight is 315 g/mol. The smallest absolute Gasteiger partial charge is 0.205 e. The molecule has 0 N–H and O–H groups in total. The normalized spacial score (nSPS) is 20.8. The lowest BCUT2D eigenvalue weighted by Crippen LogP contribution is -2.25. The third-order valence-electron chi connectivity index (χ3n) is 3.84. The Bertz CT molecular complexity index is 810.